The Balaban J connectivity index is 1.59. The average Bonchev–Trinajstić information content (AvgIpc) is 3.37. The SMILES string of the molecule is Cc1cc(-c2ccc(C#N)cc2)cc(C)c1C1C(=O)c2c(c3ccc2o3)C1O. The Morgan fingerprint density at radius 2 is 1.57 bits per heavy atom. The smallest absolute Gasteiger partial charge is 0.177 e. The highest BCUT2D eigenvalue weighted by Crippen LogP contribution is 2.50. The number of carbonyl (C=O) groups excluding carboxylic acids is 1. The molecule has 2 atom stereocenters. The van der Waals surface area contributed by atoms with Gasteiger partial charge in [0.2, 0.25) is 0 Å². The molecule has 0 fully saturated rings. The Kier molecular flexibility index (Phi) is 3.46. The molecule has 1 aliphatic carbocycles. The van der Waals surface area contributed by atoms with Crippen molar-refractivity contribution < 1.29 is 14.3 Å². The highest BCUT2D eigenvalue weighted by Gasteiger charge is 2.45. The fourth-order valence-corrected chi connectivity index (χ4v) is 4.54. The molecule has 2 aromatic heterocycles. The summed E-state index contributed by atoms with van der Waals surface area (Å²) in [6, 6.07) is 17.2. The van der Waals surface area contributed by atoms with Gasteiger partial charge in [-0.05, 0) is 65.9 Å². The molecule has 4 aromatic rings. The van der Waals surface area contributed by atoms with Crippen LogP contribution in [0.2, 0.25) is 0 Å². The Morgan fingerprint density at radius 3 is 2.18 bits per heavy atom. The summed E-state index contributed by atoms with van der Waals surface area (Å²) in [7, 11) is 0. The van der Waals surface area contributed by atoms with Gasteiger partial charge >= 0.3 is 0 Å². The van der Waals surface area contributed by atoms with Crippen LogP contribution in [0.4, 0.5) is 0 Å². The molecule has 4 heteroatoms. The third kappa shape index (κ3) is 2.17. The van der Waals surface area contributed by atoms with Gasteiger partial charge in [0.05, 0.1) is 29.2 Å². The second-order valence-corrected chi connectivity index (χ2v) is 7.45. The maximum atomic E-state index is 13.1. The van der Waals surface area contributed by atoms with Gasteiger partial charge in [0.1, 0.15) is 11.2 Å². The minimum Gasteiger partial charge on any atom is -0.456 e. The molecule has 5 rings (SSSR count). The van der Waals surface area contributed by atoms with E-state index in [-0.39, 0.29) is 5.78 Å². The van der Waals surface area contributed by atoms with Crippen molar-refractivity contribution in [1.82, 2.24) is 0 Å². The summed E-state index contributed by atoms with van der Waals surface area (Å²) in [5.74, 6) is -0.678. The lowest BCUT2D eigenvalue weighted by atomic mass is 9.84. The number of benzene rings is 3. The standard InChI is InChI=1S/C24H17NO3/c1-12-9-16(15-5-3-14(11-25)4-6-15)10-13(2)19(12)22-23(26)20-17-7-8-18(28-17)21(20)24(22)27/h3-10,22-23,26H,1-2H3. The van der Waals surface area contributed by atoms with E-state index in [9.17, 15) is 9.90 Å². The van der Waals surface area contributed by atoms with E-state index in [0.717, 1.165) is 27.8 Å². The summed E-state index contributed by atoms with van der Waals surface area (Å²) in [5, 5.41) is 19.9. The first-order valence-electron chi connectivity index (χ1n) is 9.18. The molecule has 2 unspecified atom stereocenters. The van der Waals surface area contributed by atoms with E-state index in [0.29, 0.717) is 27.9 Å². The molecule has 0 saturated heterocycles. The van der Waals surface area contributed by atoms with Crippen molar-refractivity contribution in [2.45, 2.75) is 25.9 Å². The van der Waals surface area contributed by atoms with E-state index >= 15 is 0 Å². The zero-order valence-electron chi connectivity index (χ0n) is 15.5. The number of aliphatic hydroxyl groups is 1. The van der Waals surface area contributed by atoms with Crippen LogP contribution >= 0.6 is 0 Å². The number of furan rings is 2. The monoisotopic (exact) mass is 367 g/mol. The maximum absolute atomic E-state index is 13.1. The van der Waals surface area contributed by atoms with Gasteiger partial charge in [0.15, 0.2) is 5.78 Å². The molecular formula is C24H17NO3. The van der Waals surface area contributed by atoms with Crippen molar-refractivity contribution in [3.8, 4) is 17.2 Å². The van der Waals surface area contributed by atoms with Crippen molar-refractivity contribution in [3.05, 3.63) is 81.9 Å². The Morgan fingerprint density at radius 1 is 0.929 bits per heavy atom. The van der Waals surface area contributed by atoms with Crippen LogP contribution in [-0.2, 0) is 0 Å². The van der Waals surface area contributed by atoms with Crippen LogP contribution in [0.5, 0.6) is 0 Å². The number of ketones is 1. The highest BCUT2D eigenvalue weighted by molar-refractivity contribution is 6.13. The van der Waals surface area contributed by atoms with Crippen LogP contribution in [0.25, 0.3) is 22.3 Å². The fraction of sp³-hybridized carbons (Fsp3) is 0.167. The molecular weight excluding hydrogens is 350 g/mol. The number of rotatable bonds is 2. The number of Topliss-reactive ketones (excluding diaryl/α,β-unsaturated/α-hetero) is 1. The summed E-state index contributed by atoms with van der Waals surface area (Å²) >= 11 is 0. The highest BCUT2D eigenvalue weighted by atomic mass is 16.3. The minimum absolute atomic E-state index is 0.0748. The van der Waals surface area contributed by atoms with Gasteiger partial charge in [0, 0.05) is 5.56 Å². The van der Waals surface area contributed by atoms with E-state index in [1.54, 1.807) is 24.3 Å². The van der Waals surface area contributed by atoms with Gasteiger partial charge in [-0.2, -0.15) is 5.26 Å². The molecule has 2 bridgehead atoms. The second-order valence-electron chi connectivity index (χ2n) is 7.45. The molecule has 1 aliphatic rings. The Bertz CT molecular complexity index is 1250. The van der Waals surface area contributed by atoms with Crippen molar-refractivity contribution >= 4 is 16.9 Å². The molecule has 0 radical (unpaired) electrons. The van der Waals surface area contributed by atoms with Crippen LogP contribution in [0.3, 0.4) is 0 Å². The van der Waals surface area contributed by atoms with E-state index in [1.165, 1.54) is 0 Å². The first-order valence-corrected chi connectivity index (χ1v) is 9.18. The molecule has 28 heavy (non-hydrogen) atoms. The van der Waals surface area contributed by atoms with Gasteiger partial charge in [0.25, 0.3) is 0 Å². The van der Waals surface area contributed by atoms with Crippen LogP contribution < -0.4 is 0 Å². The van der Waals surface area contributed by atoms with E-state index in [1.807, 2.05) is 38.1 Å². The lowest BCUT2D eigenvalue weighted by molar-refractivity contribution is 0.0870. The Hall–Kier alpha value is -3.42. The predicted molar refractivity (Wildman–Crippen MR) is 105 cm³/mol. The van der Waals surface area contributed by atoms with Crippen LogP contribution in [-0.4, -0.2) is 10.9 Å². The molecule has 0 spiro atoms. The third-order valence-electron chi connectivity index (χ3n) is 5.78. The molecule has 0 saturated carbocycles. The second kappa shape index (κ2) is 5.79. The van der Waals surface area contributed by atoms with Gasteiger partial charge in [-0.15, -0.1) is 0 Å². The normalized spacial score (nSPS) is 18.6. The zero-order chi connectivity index (χ0) is 19.6. The number of nitrogens with zero attached hydrogens (tertiary/aromatic N) is 1. The summed E-state index contributed by atoms with van der Waals surface area (Å²) in [6.45, 7) is 3.95. The van der Waals surface area contributed by atoms with E-state index < -0.39 is 12.0 Å². The first kappa shape index (κ1) is 16.7. The average molecular weight is 367 g/mol. The maximum Gasteiger partial charge on any atom is 0.177 e. The van der Waals surface area contributed by atoms with Crippen LogP contribution in [0.1, 0.15) is 50.2 Å². The Labute approximate surface area is 162 Å². The predicted octanol–water partition coefficient (Wildman–Crippen LogP) is 5.04. The largest absolute Gasteiger partial charge is 0.456 e. The van der Waals surface area contributed by atoms with Crippen molar-refractivity contribution in [2.75, 3.05) is 0 Å². The van der Waals surface area contributed by atoms with Crippen LogP contribution in [0.15, 0.2) is 52.9 Å². The van der Waals surface area contributed by atoms with Gasteiger partial charge < -0.3 is 9.52 Å². The topological polar surface area (TPSA) is 74.2 Å². The van der Waals surface area contributed by atoms with E-state index in [4.69, 9.17) is 9.68 Å². The number of hydrogen-bond donors (Lipinski definition) is 1. The fourth-order valence-electron chi connectivity index (χ4n) is 4.54. The van der Waals surface area contributed by atoms with Crippen molar-refractivity contribution in [1.29, 1.82) is 5.26 Å². The van der Waals surface area contributed by atoms with Gasteiger partial charge in [-0.25, -0.2) is 0 Å². The summed E-state index contributed by atoms with van der Waals surface area (Å²) in [4.78, 5) is 13.1. The molecule has 4 nitrogen and oxygen atoms in total. The number of aliphatic hydroxyl groups excluding tert-OH is 1. The number of aryl methyl sites for hydroxylation is 2. The summed E-state index contributed by atoms with van der Waals surface area (Å²) < 4.78 is 5.57. The van der Waals surface area contributed by atoms with Gasteiger partial charge in [-0.3, -0.25) is 4.79 Å². The molecule has 136 valence electrons. The first-order chi connectivity index (χ1) is 13.5. The third-order valence-corrected chi connectivity index (χ3v) is 5.78. The van der Waals surface area contributed by atoms with Crippen molar-refractivity contribution in [3.63, 3.8) is 0 Å². The lowest BCUT2D eigenvalue weighted by Crippen LogP contribution is -2.15. The minimum atomic E-state index is -0.891. The zero-order valence-corrected chi connectivity index (χ0v) is 15.5. The van der Waals surface area contributed by atoms with Crippen LogP contribution in [0, 0.1) is 25.2 Å². The molecule has 2 aromatic carbocycles. The number of carbonyl (C=O) groups is 1. The quantitative estimate of drug-likeness (QED) is 0.539. The molecule has 0 amide bonds. The molecule has 0 aliphatic heterocycles. The summed E-state index contributed by atoms with van der Waals surface area (Å²) in [6.07, 6.45) is -0.891. The molecule has 2 heterocycles. The number of fused-ring (bicyclic) bond motifs is 5. The van der Waals surface area contributed by atoms with Gasteiger partial charge in [-0.1, -0.05) is 24.3 Å². The lowest BCUT2D eigenvalue weighted by Gasteiger charge is -2.21. The molecule has 1 N–H and O–H groups in total. The van der Waals surface area contributed by atoms with Crippen molar-refractivity contribution in [2.24, 2.45) is 0 Å². The summed E-state index contributed by atoms with van der Waals surface area (Å²) in [5.41, 5.74) is 7.78. The number of nitriles is 1. The number of hydrogen-bond acceptors (Lipinski definition) is 4. The van der Waals surface area contributed by atoms with E-state index in [2.05, 4.69) is 6.07 Å².